The van der Waals surface area contributed by atoms with Gasteiger partial charge >= 0.3 is 0 Å². The summed E-state index contributed by atoms with van der Waals surface area (Å²) in [6, 6.07) is 14.1. The second-order valence-corrected chi connectivity index (χ2v) is 5.73. The van der Waals surface area contributed by atoms with Gasteiger partial charge in [-0.1, -0.05) is 41.7 Å². The van der Waals surface area contributed by atoms with Gasteiger partial charge in [-0.3, -0.25) is 4.79 Å². The molecule has 3 rings (SSSR count). The van der Waals surface area contributed by atoms with E-state index in [-0.39, 0.29) is 5.82 Å². The molecule has 0 bridgehead atoms. The third kappa shape index (κ3) is 2.89. The highest BCUT2D eigenvalue weighted by Gasteiger charge is 2.03. The lowest BCUT2D eigenvalue weighted by atomic mass is 10.2. The van der Waals surface area contributed by atoms with Crippen LogP contribution in [-0.4, -0.2) is 10.5 Å². The number of nitrogens with zero attached hydrogens (tertiary/aromatic N) is 2. The largest absolute Gasteiger partial charge is 0.319 e. The van der Waals surface area contributed by atoms with Crippen molar-refractivity contribution in [2.24, 2.45) is 12.0 Å². The Bertz CT molecular complexity index is 937. The number of fused-ring (bicyclic) bond motifs is 1. The maximum absolute atomic E-state index is 13.5. The number of halogens is 1. The summed E-state index contributed by atoms with van der Waals surface area (Å²) >= 11 is 1.44. The van der Waals surface area contributed by atoms with Crippen LogP contribution < -0.4 is 4.80 Å². The van der Waals surface area contributed by atoms with Crippen molar-refractivity contribution >= 4 is 33.5 Å². The second kappa shape index (κ2) is 6.07. The topological polar surface area (TPSA) is 34.4 Å². The minimum atomic E-state index is -0.412. The van der Waals surface area contributed by atoms with E-state index in [2.05, 4.69) is 4.99 Å². The smallest absolute Gasteiger partial charge is 0.272 e. The lowest BCUT2D eigenvalue weighted by Crippen LogP contribution is -2.12. The molecular weight excluding hydrogens is 299 g/mol. The Morgan fingerprint density at radius 1 is 1.18 bits per heavy atom. The summed E-state index contributed by atoms with van der Waals surface area (Å²) in [5.74, 6) is -0.774. The van der Waals surface area contributed by atoms with E-state index in [4.69, 9.17) is 0 Å². The van der Waals surface area contributed by atoms with E-state index in [1.807, 2.05) is 35.9 Å². The van der Waals surface area contributed by atoms with Gasteiger partial charge in [0.15, 0.2) is 4.80 Å². The van der Waals surface area contributed by atoms with Crippen molar-refractivity contribution in [2.75, 3.05) is 0 Å². The predicted octanol–water partition coefficient (Wildman–Crippen LogP) is 3.52. The van der Waals surface area contributed by atoms with Crippen LogP contribution in [0.15, 0.2) is 59.6 Å². The Kier molecular flexibility index (Phi) is 3.98. The summed E-state index contributed by atoms with van der Waals surface area (Å²) < 4.78 is 16.4. The van der Waals surface area contributed by atoms with Crippen LogP contribution in [-0.2, 0) is 11.8 Å². The fourth-order valence-corrected chi connectivity index (χ4v) is 3.11. The number of para-hydroxylation sites is 1. The Labute approximate surface area is 130 Å². The molecule has 0 aliphatic carbocycles. The summed E-state index contributed by atoms with van der Waals surface area (Å²) in [5.41, 5.74) is 1.39. The number of thiazole rings is 1. The zero-order chi connectivity index (χ0) is 15.5. The third-order valence-electron chi connectivity index (χ3n) is 3.23. The normalized spacial score (nSPS) is 12.4. The van der Waals surface area contributed by atoms with Crippen molar-refractivity contribution in [2.45, 2.75) is 0 Å². The molecule has 5 heteroatoms. The van der Waals surface area contributed by atoms with E-state index in [0.717, 1.165) is 10.2 Å². The van der Waals surface area contributed by atoms with Gasteiger partial charge in [-0.2, -0.15) is 4.99 Å². The van der Waals surface area contributed by atoms with Crippen molar-refractivity contribution in [3.05, 3.63) is 70.8 Å². The maximum Gasteiger partial charge on any atom is 0.272 e. The number of hydrogen-bond acceptors (Lipinski definition) is 2. The fourth-order valence-electron chi connectivity index (χ4n) is 2.09. The van der Waals surface area contributed by atoms with Gasteiger partial charge in [0.2, 0.25) is 0 Å². The first-order valence-electron chi connectivity index (χ1n) is 6.71. The van der Waals surface area contributed by atoms with Crippen LogP contribution in [0.3, 0.4) is 0 Å². The molecule has 0 aliphatic rings. The number of rotatable bonds is 2. The molecule has 0 N–H and O–H groups in total. The quantitative estimate of drug-likeness (QED) is 0.667. The SMILES string of the molecule is Cn1c(=NC(=O)/C=C/c2ccccc2F)sc2ccccc21. The number of carbonyl (C=O) groups excluding carboxylic acids is 1. The number of aromatic nitrogens is 1. The molecule has 22 heavy (non-hydrogen) atoms. The second-order valence-electron chi connectivity index (χ2n) is 4.72. The summed E-state index contributed by atoms with van der Waals surface area (Å²) in [6.07, 6.45) is 2.72. The summed E-state index contributed by atoms with van der Waals surface area (Å²) in [7, 11) is 1.87. The Balaban J connectivity index is 1.92. The van der Waals surface area contributed by atoms with Crippen LogP contribution >= 0.6 is 11.3 Å². The predicted molar refractivity (Wildman–Crippen MR) is 86.8 cm³/mol. The molecule has 0 fully saturated rings. The number of amides is 1. The van der Waals surface area contributed by atoms with E-state index in [1.165, 1.54) is 29.6 Å². The minimum Gasteiger partial charge on any atom is -0.319 e. The first kappa shape index (κ1) is 14.4. The van der Waals surface area contributed by atoms with E-state index < -0.39 is 5.91 Å². The van der Waals surface area contributed by atoms with Crippen LogP contribution in [0, 0.1) is 5.82 Å². The molecule has 1 aromatic heterocycles. The highest BCUT2D eigenvalue weighted by Crippen LogP contribution is 2.15. The van der Waals surface area contributed by atoms with Gasteiger partial charge in [0.05, 0.1) is 10.2 Å². The Hall–Kier alpha value is -2.53. The molecule has 0 atom stereocenters. The highest BCUT2D eigenvalue weighted by atomic mass is 32.1. The van der Waals surface area contributed by atoms with Gasteiger partial charge in [-0.05, 0) is 24.3 Å². The van der Waals surface area contributed by atoms with Crippen LogP contribution in [0.1, 0.15) is 5.56 Å². The summed E-state index contributed by atoms with van der Waals surface area (Å²) in [6.45, 7) is 0. The first-order chi connectivity index (χ1) is 10.6. The molecule has 0 saturated heterocycles. The molecule has 2 aromatic carbocycles. The summed E-state index contributed by atoms with van der Waals surface area (Å²) in [4.78, 5) is 16.6. The van der Waals surface area contributed by atoms with Gasteiger partial charge in [0.25, 0.3) is 5.91 Å². The molecule has 1 heterocycles. The van der Waals surface area contributed by atoms with Gasteiger partial charge in [-0.15, -0.1) is 0 Å². The molecule has 3 nitrogen and oxygen atoms in total. The highest BCUT2D eigenvalue weighted by molar-refractivity contribution is 7.16. The first-order valence-corrected chi connectivity index (χ1v) is 7.52. The van der Waals surface area contributed by atoms with E-state index >= 15 is 0 Å². The number of hydrogen-bond donors (Lipinski definition) is 0. The van der Waals surface area contributed by atoms with Gasteiger partial charge in [-0.25, -0.2) is 4.39 Å². The lowest BCUT2D eigenvalue weighted by molar-refractivity contribution is -0.113. The molecule has 0 saturated carbocycles. The lowest BCUT2D eigenvalue weighted by Gasteiger charge is -1.94. The van der Waals surface area contributed by atoms with Crippen LogP contribution in [0.5, 0.6) is 0 Å². The molecule has 0 unspecified atom stereocenters. The van der Waals surface area contributed by atoms with Crippen molar-refractivity contribution in [1.82, 2.24) is 4.57 Å². The molecule has 0 spiro atoms. The van der Waals surface area contributed by atoms with Crippen LogP contribution in [0.25, 0.3) is 16.3 Å². The van der Waals surface area contributed by atoms with Gasteiger partial charge in [0, 0.05) is 18.7 Å². The van der Waals surface area contributed by atoms with Crippen LogP contribution in [0.2, 0.25) is 0 Å². The van der Waals surface area contributed by atoms with Gasteiger partial charge in [0.1, 0.15) is 5.82 Å². The fraction of sp³-hybridized carbons (Fsp3) is 0.0588. The minimum absolute atomic E-state index is 0.362. The van der Waals surface area contributed by atoms with E-state index in [1.54, 1.807) is 18.2 Å². The van der Waals surface area contributed by atoms with E-state index in [9.17, 15) is 9.18 Å². The van der Waals surface area contributed by atoms with Gasteiger partial charge < -0.3 is 4.57 Å². The monoisotopic (exact) mass is 312 g/mol. The average Bonchev–Trinajstić information content (AvgIpc) is 2.83. The molecule has 3 aromatic rings. The molecule has 1 amide bonds. The molecule has 0 aliphatic heterocycles. The van der Waals surface area contributed by atoms with Crippen molar-refractivity contribution in [1.29, 1.82) is 0 Å². The number of carbonyl (C=O) groups is 1. The summed E-state index contributed by atoms with van der Waals surface area (Å²) in [5, 5.41) is 0. The zero-order valence-corrected chi connectivity index (χ0v) is 12.7. The standard InChI is InChI=1S/C17H13FN2OS/c1-20-14-8-4-5-9-15(14)22-17(20)19-16(21)11-10-12-6-2-3-7-13(12)18/h2-11H,1H3/b11-10+,19-17?. The Morgan fingerprint density at radius 2 is 1.91 bits per heavy atom. The maximum atomic E-state index is 13.5. The van der Waals surface area contributed by atoms with Crippen LogP contribution in [0.4, 0.5) is 4.39 Å². The molecule has 0 radical (unpaired) electrons. The Morgan fingerprint density at radius 3 is 2.68 bits per heavy atom. The van der Waals surface area contributed by atoms with Crippen molar-refractivity contribution < 1.29 is 9.18 Å². The molecular formula is C17H13FN2OS. The van der Waals surface area contributed by atoms with E-state index in [0.29, 0.717) is 10.4 Å². The molecule has 110 valence electrons. The average molecular weight is 312 g/mol. The number of benzene rings is 2. The number of aryl methyl sites for hydroxylation is 1. The zero-order valence-electron chi connectivity index (χ0n) is 11.9. The third-order valence-corrected chi connectivity index (χ3v) is 4.34. The van der Waals surface area contributed by atoms with Crippen molar-refractivity contribution in [3.8, 4) is 0 Å². The van der Waals surface area contributed by atoms with Crippen molar-refractivity contribution in [3.63, 3.8) is 0 Å².